The number of unbranched alkanes of at least 4 members (excludes halogenated alkanes) is 2. The zero-order chi connectivity index (χ0) is 18.7. The third-order valence-electron chi connectivity index (χ3n) is 5.61. The zero-order valence-electron chi connectivity index (χ0n) is 16.5. The van der Waals surface area contributed by atoms with E-state index in [1.807, 2.05) is 6.07 Å². The molecule has 2 rings (SSSR count). The molecule has 0 amide bonds. The van der Waals surface area contributed by atoms with Crippen LogP contribution in [-0.4, -0.2) is 15.3 Å². The molecule has 0 unspecified atom stereocenters. The van der Waals surface area contributed by atoms with E-state index in [1.165, 1.54) is 19.3 Å². The first-order valence-corrected chi connectivity index (χ1v) is 9.87. The second kappa shape index (κ2) is 7.88. The predicted molar refractivity (Wildman–Crippen MR) is 103 cm³/mol. The maximum Gasteiger partial charge on any atom is 0.200 e. The van der Waals surface area contributed by atoms with E-state index in [-0.39, 0.29) is 17.2 Å². The van der Waals surface area contributed by atoms with Gasteiger partial charge in [0, 0.05) is 0 Å². The summed E-state index contributed by atoms with van der Waals surface area (Å²) in [5.41, 5.74) is 2.41. The van der Waals surface area contributed by atoms with Gasteiger partial charge in [-0.15, -0.1) is 0 Å². The molecule has 1 aliphatic carbocycles. The molecule has 3 N–H and O–H groups in total. The van der Waals surface area contributed by atoms with Gasteiger partial charge in [-0.05, 0) is 79.4 Å². The second-order valence-corrected chi connectivity index (χ2v) is 9.53. The summed E-state index contributed by atoms with van der Waals surface area (Å²) in [5, 5.41) is 30.3. The molecule has 1 saturated carbocycles. The molecule has 0 spiro atoms. The minimum Gasteiger partial charge on any atom is -0.504 e. The standard InChI is InChI=1S/C22H36O3/c1-21(2,3)11-7-5-9-16-15-17(19(24)20(25)18(16)23)10-6-8-12-22(4)13-14-22/h15,23-25H,5-14H2,1-4H3. The van der Waals surface area contributed by atoms with Crippen LogP contribution < -0.4 is 0 Å². The average Bonchev–Trinajstić information content (AvgIpc) is 3.26. The van der Waals surface area contributed by atoms with Crippen molar-refractivity contribution in [1.82, 2.24) is 0 Å². The summed E-state index contributed by atoms with van der Waals surface area (Å²) >= 11 is 0. The molecular formula is C22H36O3. The largest absolute Gasteiger partial charge is 0.504 e. The molecule has 0 radical (unpaired) electrons. The van der Waals surface area contributed by atoms with Crippen LogP contribution in [0, 0.1) is 10.8 Å². The summed E-state index contributed by atoms with van der Waals surface area (Å²) in [6.07, 6.45) is 10.8. The third-order valence-corrected chi connectivity index (χ3v) is 5.61. The fourth-order valence-corrected chi connectivity index (χ4v) is 3.45. The molecule has 142 valence electrons. The summed E-state index contributed by atoms with van der Waals surface area (Å²) in [4.78, 5) is 0. The summed E-state index contributed by atoms with van der Waals surface area (Å²) in [6, 6.07) is 1.89. The lowest BCUT2D eigenvalue weighted by Gasteiger charge is -2.18. The first-order chi connectivity index (χ1) is 11.6. The van der Waals surface area contributed by atoms with E-state index in [4.69, 9.17) is 0 Å². The van der Waals surface area contributed by atoms with Crippen molar-refractivity contribution in [3.8, 4) is 17.2 Å². The Bertz CT molecular complexity index is 542. The van der Waals surface area contributed by atoms with Crippen LogP contribution in [0.4, 0.5) is 0 Å². The molecular weight excluding hydrogens is 312 g/mol. The minimum absolute atomic E-state index is 0.145. The molecule has 0 saturated heterocycles. The molecule has 1 aliphatic rings. The number of phenols is 3. The smallest absolute Gasteiger partial charge is 0.200 e. The minimum atomic E-state index is -0.350. The van der Waals surface area contributed by atoms with Crippen LogP contribution in [0.5, 0.6) is 17.2 Å². The molecule has 0 heterocycles. The fourth-order valence-electron chi connectivity index (χ4n) is 3.45. The molecule has 3 nitrogen and oxygen atoms in total. The number of rotatable bonds is 9. The molecule has 1 aromatic carbocycles. The van der Waals surface area contributed by atoms with Gasteiger partial charge in [0.2, 0.25) is 5.75 Å². The molecule has 3 heteroatoms. The number of benzene rings is 1. The van der Waals surface area contributed by atoms with Gasteiger partial charge in [0.1, 0.15) is 0 Å². The van der Waals surface area contributed by atoms with Gasteiger partial charge in [-0.1, -0.05) is 40.5 Å². The van der Waals surface area contributed by atoms with Crippen LogP contribution in [0.3, 0.4) is 0 Å². The van der Waals surface area contributed by atoms with Crippen LogP contribution in [0.1, 0.15) is 90.2 Å². The van der Waals surface area contributed by atoms with Gasteiger partial charge < -0.3 is 15.3 Å². The van der Waals surface area contributed by atoms with E-state index in [9.17, 15) is 15.3 Å². The molecule has 1 fully saturated rings. The number of hydrogen-bond donors (Lipinski definition) is 3. The first-order valence-electron chi connectivity index (χ1n) is 9.87. The zero-order valence-corrected chi connectivity index (χ0v) is 16.5. The molecule has 1 aromatic rings. The van der Waals surface area contributed by atoms with Crippen LogP contribution in [0.15, 0.2) is 6.07 Å². The van der Waals surface area contributed by atoms with Gasteiger partial charge in [0.25, 0.3) is 0 Å². The second-order valence-electron chi connectivity index (χ2n) is 9.53. The van der Waals surface area contributed by atoms with Gasteiger partial charge in [0.05, 0.1) is 0 Å². The highest BCUT2D eigenvalue weighted by molar-refractivity contribution is 5.57. The van der Waals surface area contributed by atoms with E-state index in [1.54, 1.807) is 0 Å². The summed E-state index contributed by atoms with van der Waals surface area (Å²) in [7, 11) is 0. The van der Waals surface area contributed by atoms with Crippen molar-refractivity contribution in [3.63, 3.8) is 0 Å². The molecule has 0 aromatic heterocycles. The Morgan fingerprint density at radius 1 is 0.840 bits per heavy atom. The summed E-state index contributed by atoms with van der Waals surface area (Å²) in [5.74, 6) is -0.645. The van der Waals surface area contributed by atoms with Gasteiger partial charge in [-0.3, -0.25) is 0 Å². The fraction of sp³-hybridized carbons (Fsp3) is 0.727. The van der Waals surface area contributed by atoms with Crippen LogP contribution in [-0.2, 0) is 12.8 Å². The Hall–Kier alpha value is -1.38. The Kier molecular flexibility index (Phi) is 6.29. The van der Waals surface area contributed by atoms with Crippen molar-refractivity contribution in [3.05, 3.63) is 17.2 Å². The highest BCUT2D eigenvalue weighted by Crippen LogP contribution is 2.49. The van der Waals surface area contributed by atoms with Gasteiger partial charge in [-0.2, -0.15) is 0 Å². The van der Waals surface area contributed by atoms with E-state index in [2.05, 4.69) is 27.7 Å². The first kappa shape index (κ1) is 19.9. The monoisotopic (exact) mass is 348 g/mol. The Balaban J connectivity index is 1.91. The Morgan fingerprint density at radius 3 is 1.84 bits per heavy atom. The van der Waals surface area contributed by atoms with Gasteiger partial charge in [-0.25, -0.2) is 0 Å². The highest BCUT2D eigenvalue weighted by atomic mass is 16.3. The summed E-state index contributed by atoms with van der Waals surface area (Å²) < 4.78 is 0. The maximum absolute atomic E-state index is 10.1. The molecule has 0 atom stereocenters. The van der Waals surface area contributed by atoms with E-state index in [0.29, 0.717) is 10.8 Å². The van der Waals surface area contributed by atoms with E-state index < -0.39 is 0 Å². The van der Waals surface area contributed by atoms with Crippen LogP contribution >= 0.6 is 0 Å². The van der Waals surface area contributed by atoms with Crippen molar-refractivity contribution < 1.29 is 15.3 Å². The lowest BCUT2D eigenvalue weighted by Crippen LogP contribution is -2.04. The van der Waals surface area contributed by atoms with E-state index in [0.717, 1.165) is 56.1 Å². The van der Waals surface area contributed by atoms with Crippen molar-refractivity contribution in [2.45, 2.75) is 91.9 Å². The van der Waals surface area contributed by atoms with Crippen molar-refractivity contribution in [1.29, 1.82) is 0 Å². The maximum atomic E-state index is 10.1. The highest BCUT2D eigenvalue weighted by Gasteiger charge is 2.35. The van der Waals surface area contributed by atoms with Crippen molar-refractivity contribution in [2.24, 2.45) is 10.8 Å². The average molecular weight is 349 g/mol. The van der Waals surface area contributed by atoms with Gasteiger partial charge in [0.15, 0.2) is 11.5 Å². The normalized spacial score (nSPS) is 16.2. The number of hydrogen-bond acceptors (Lipinski definition) is 3. The predicted octanol–water partition coefficient (Wildman–Crippen LogP) is 6.08. The van der Waals surface area contributed by atoms with Crippen molar-refractivity contribution in [2.75, 3.05) is 0 Å². The number of aromatic hydroxyl groups is 3. The molecule has 0 bridgehead atoms. The molecule has 25 heavy (non-hydrogen) atoms. The summed E-state index contributed by atoms with van der Waals surface area (Å²) in [6.45, 7) is 9.04. The topological polar surface area (TPSA) is 60.7 Å². The number of aryl methyl sites for hydroxylation is 2. The lowest BCUT2D eigenvalue weighted by atomic mass is 9.89. The van der Waals surface area contributed by atoms with E-state index >= 15 is 0 Å². The Labute approximate surface area is 153 Å². The Morgan fingerprint density at radius 2 is 1.36 bits per heavy atom. The van der Waals surface area contributed by atoms with Crippen molar-refractivity contribution >= 4 is 0 Å². The van der Waals surface area contributed by atoms with Gasteiger partial charge >= 0.3 is 0 Å². The third kappa shape index (κ3) is 6.13. The SMILES string of the molecule is CC(C)(C)CCCCc1cc(CCCCC2(C)CC2)c(O)c(O)c1O. The quantitative estimate of drug-likeness (QED) is 0.374. The van der Waals surface area contributed by atoms with Crippen LogP contribution in [0.25, 0.3) is 0 Å². The van der Waals surface area contributed by atoms with Crippen LogP contribution in [0.2, 0.25) is 0 Å². The molecule has 0 aliphatic heterocycles. The lowest BCUT2D eigenvalue weighted by molar-refractivity contribution is 0.354. The number of phenolic OH excluding ortho intramolecular Hbond substituents is 3.